The van der Waals surface area contributed by atoms with E-state index in [9.17, 15) is 8.42 Å². The van der Waals surface area contributed by atoms with Crippen LogP contribution in [0.4, 0.5) is 0 Å². The summed E-state index contributed by atoms with van der Waals surface area (Å²) in [7, 11) is 1.71. The molecule has 0 unspecified atom stereocenters. The van der Waals surface area contributed by atoms with Crippen LogP contribution in [0.15, 0.2) is 30.3 Å². The lowest BCUT2D eigenvalue weighted by Crippen LogP contribution is -2.01. The SMILES string of the molecule is C[C@H](c1ccccc1)S(=O)(=O)Cl. The van der Waals surface area contributed by atoms with Gasteiger partial charge in [-0.1, -0.05) is 30.3 Å². The Labute approximate surface area is 76.6 Å². The van der Waals surface area contributed by atoms with Crippen molar-refractivity contribution >= 4 is 19.7 Å². The largest absolute Gasteiger partial charge is 0.239 e. The zero-order chi connectivity index (χ0) is 9.19. The van der Waals surface area contributed by atoms with Crippen LogP contribution in [-0.2, 0) is 9.05 Å². The van der Waals surface area contributed by atoms with Crippen LogP contribution < -0.4 is 0 Å². The van der Waals surface area contributed by atoms with Gasteiger partial charge in [-0.15, -0.1) is 0 Å². The van der Waals surface area contributed by atoms with Crippen molar-refractivity contribution in [2.24, 2.45) is 0 Å². The maximum Gasteiger partial charge on any atom is 0.239 e. The van der Waals surface area contributed by atoms with Crippen molar-refractivity contribution < 1.29 is 8.42 Å². The van der Waals surface area contributed by atoms with Crippen molar-refractivity contribution in [3.8, 4) is 0 Å². The average molecular weight is 205 g/mol. The number of hydrogen-bond acceptors (Lipinski definition) is 2. The van der Waals surface area contributed by atoms with Crippen LogP contribution >= 0.6 is 10.7 Å². The van der Waals surface area contributed by atoms with E-state index in [4.69, 9.17) is 10.7 Å². The Morgan fingerprint density at radius 3 is 2.17 bits per heavy atom. The highest BCUT2D eigenvalue weighted by Crippen LogP contribution is 2.24. The Balaban J connectivity index is 3.02. The van der Waals surface area contributed by atoms with Crippen molar-refractivity contribution in [3.63, 3.8) is 0 Å². The van der Waals surface area contributed by atoms with E-state index in [2.05, 4.69) is 0 Å². The van der Waals surface area contributed by atoms with Gasteiger partial charge in [0.2, 0.25) is 9.05 Å². The minimum Gasteiger partial charge on any atom is -0.212 e. The average Bonchev–Trinajstić information content (AvgIpc) is 2.03. The maximum atomic E-state index is 10.9. The quantitative estimate of drug-likeness (QED) is 0.693. The lowest BCUT2D eigenvalue weighted by Gasteiger charge is -2.06. The van der Waals surface area contributed by atoms with Crippen LogP contribution in [0.25, 0.3) is 0 Å². The van der Waals surface area contributed by atoms with Crippen molar-refractivity contribution in [2.45, 2.75) is 12.2 Å². The molecule has 0 N–H and O–H groups in total. The van der Waals surface area contributed by atoms with E-state index in [1.165, 1.54) is 0 Å². The van der Waals surface area contributed by atoms with E-state index in [-0.39, 0.29) is 0 Å². The first-order valence-electron chi connectivity index (χ1n) is 3.50. The van der Waals surface area contributed by atoms with Gasteiger partial charge in [-0.25, -0.2) is 8.42 Å². The van der Waals surface area contributed by atoms with Crippen molar-refractivity contribution in [1.82, 2.24) is 0 Å². The predicted octanol–water partition coefficient (Wildman–Crippen LogP) is 2.32. The van der Waals surface area contributed by atoms with Gasteiger partial charge in [0, 0.05) is 10.7 Å². The molecule has 1 rings (SSSR count). The Kier molecular flexibility index (Phi) is 2.75. The summed E-state index contributed by atoms with van der Waals surface area (Å²) in [5.74, 6) is 0. The summed E-state index contributed by atoms with van der Waals surface area (Å²) in [6.07, 6.45) is 0. The molecule has 0 aliphatic rings. The first-order valence-corrected chi connectivity index (χ1v) is 5.87. The summed E-state index contributed by atoms with van der Waals surface area (Å²) < 4.78 is 21.8. The topological polar surface area (TPSA) is 34.1 Å². The second-order valence-corrected chi connectivity index (χ2v) is 5.48. The summed E-state index contributed by atoms with van der Waals surface area (Å²) in [6, 6.07) is 8.88. The van der Waals surface area contributed by atoms with E-state index in [0.29, 0.717) is 5.56 Å². The normalized spacial score (nSPS) is 14.2. The Hall–Kier alpha value is -0.540. The first kappa shape index (κ1) is 9.55. The van der Waals surface area contributed by atoms with Crippen molar-refractivity contribution in [3.05, 3.63) is 35.9 Å². The smallest absolute Gasteiger partial charge is 0.212 e. The van der Waals surface area contributed by atoms with Crippen LogP contribution in [-0.4, -0.2) is 8.42 Å². The highest BCUT2D eigenvalue weighted by molar-refractivity contribution is 8.13. The molecular formula is C8H9ClO2S. The Morgan fingerprint density at radius 1 is 1.25 bits per heavy atom. The third-order valence-corrected chi connectivity index (χ3v) is 3.61. The van der Waals surface area contributed by atoms with E-state index < -0.39 is 14.3 Å². The van der Waals surface area contributed by atoms with Crippen LogP contribution in [0.2, 0.25) is 0 Å². The standard InChI is InChI=1S/C8H9ClO2S/c1-7(12(9,10)11)8-5-3-2-4-6-8/h2-7H,1H3/t7-/m1/s1. The fraction of sp³-hybridized carbons (Fsp3) is 0.250. The molecule has 0 spiro atoms. The minimum absolute atomic E-state index is 0.639. The number of rotatable bonds is 2. The van der Waals surface area contributed by atoms with Gasteiger partial charge in [-0.05, 0) is 12.5 Å². The zero-order valence-corrected chi connectivity index (χ0v) is 8.14. The summed E-state index contributed by atoms with van der Waals surface area (Å²) in [5.41, 5.74) is 0.715. The molecule has 1 aromatic rings. The molecule has 0 bridgehead atoms. The second kappa shape index (κ2) is 3.46. The van der Waals surface area contributed by atoms with Gasteiger partial charge in [0.05, 0.1) is 5.25 Å². The van der Waals surface area contributed by atoms with Gasteiger partial charge in [-0.3, -0.25) is 0 Å². The molecule has 2 nitrogen and oxygen atoms in total. The highest BCUT2D eigenvalue weighted by atomic mass is 35.7. The molecule has 0 amide bonds. The lowest BCUT2D eigenvalue weighted by atomic mass is 10.2. The maximum absolute atomic E-state index is 10.9. The molecule has 1 atom stereocenters. The van der Waals surface area contributed by atoms with Gasteiger partial charge < -0.3 is 0 Å². The molecule has 0 saturated carbocycles. The van der Waals surface area contributed by atoms with Crippen molar-refractivity contribution in [1.29, 1.82) is 0 Å². The molecule has 0 aromatic heterocycles. The zero-order valence-electron chi connectivity index (χ0n) is 6.57. The highest BCUT2D eigenvalue weighted by Gasteiger charge is 2.18. The molecule has 66 valence electrons. The molecule has 4 heteroatoms. The van der Waals surface area contributed by atoms with Gasteiger partial charge in [0.1, 0.15) is 0 Å². The Morgan fingerprint density at radius 2 is 1.75 bits per heavy atom. The summed E-state index contributed by atoms with van der Waals surface area (Å²) in [5, 5.41) is -0.639. The molecule has 1 aromatic carbocycles. The monoisotopic (exact) mass is 204 g/mol. The Bertz CT molecular complexity index is 345. The first-order chi connectivity index (χ1) is 5.52. The van der Waals surface area contributed by atoms with Crippen LogP contribution in [0.1, 0.15) is 17.7 Å². The number of hydrogen-bond donors (Lipinski definition) is 0. The molecule has 0 aliphatic carbocycles. The van der Waals surface area contributed by atoms with E-state index >= 15 is 0 Å². The summed E-state index contributed by atoms with van der Waals surface area (Å²) >= 11 is 0. The molecule has 0 aliphatic heterocycles. The van der Waals surface area contributed by atoms with Crippen molar-refractivity contribution in [2.75, 3.05) is 0 Å². The van der Waals surface area contributed by atoms with Gasteiger partial charge >= 0.3 is 0 Å². The van der Waals surface area contributed by atoms with Crippen LogP contribution in [0.5, 0.6) is 0 Å². The van der Waals surface area contributed by atoms with Crippen LogP contribution in [0, 0.1) is 0 Å². The second-order valence-electron chi connectivity index (χ2n) is 2.53. The molecule has 0 saturated heterocycles. The number of halogens is 1. The fourth-order valence-corrected chi connectivity index (χ4v) is 1.68. The van der Waals surface area contributed by atoms with Gasteiger partial charge in [-0.2, -0.15) is 0 Å². The third-order valence-electron chi connectivity index (χ3n) is 1.69. The van der Waals surface area contributed by atoms with Crippen LogP contribution in [0.3, 0.4) is 0 Å². The van der Waals surface area contributed by atoms with Gasteiger partial charge in [0.25, 0.3) is 0 Å². The predicted molar refractivity (Wildman–Crippen MR) is 49.6 cm³/mol. The van der Waals surface area contributed by atoms with E-state index in [0.717, 1.165) is 0 Å². The fourth-order valence-electron chi connectivity index (χ4n) is 0.887. The third kappa shape index (κ3) is 2.22. The molecule has 12 heavy (non-hydrogen) atoms. The summed E-state index contributed by atoms with van der Waals surface area (Å²) in [6.45, 7) is 1.57. The molecule has 0 heterocycles. The lowest BCUT2D eigenvalue weighted by molar-refractivity contribution is 0.600. The molecular weight excluding hydrogens is 196 g/mol. The molecule has 0 fully saturated rings. The minimum atomic E-state index is -3.48. The summed E-state index contributed by atoms with van der Waals surface area (Å²) in [4.78, 5) is 0. The molecule has 0 radical (unpaired) electrons. The van der Waals surface area contributed by atoms with E-state index in [1.807, 2.05) is 6.07 Å². The number of benzene rings is 1. The van der Waals surface area contributed by atoms with E-state index in [1.54, 1.807) is 31.2 Å². The van der Waals surface area contributed by atoms with Gasteiger partial charge in [0.15, 0.2) is 0 Å².